The lowest BCUT2D eigenvalue weighted by atomic mass is 10.1. The maximum absolute atomic E-state index is 11.3. The number of amides is 1. The van der Waals surface area contributed by atoms with Crippen LogP contribution in [-0.2, 0) is 14.3 Å². The third-order valence-electron chi connectivity index (χ3n) is 2.12. The second-order valence-corrected chi connectivity index (χ2v) is 3.43. The number of likely N-dealkylation sites (tertiary alicyclic amines) is 1. The first-order valence-corrected chi connectivity index (χ1v) is 4.78. The zero-order valence-corrected chi connectivity index (χ0v) is 8.42. The topological polar surface area (TPSA) is 46.6 Å². The quantitative estimate of drug-likeness (QED) is 0.516. The third-order valence-corrected chi connectivity index (χ3v) is 2.32. The fourth-order valence-electron chi connectivity index (χ4n) is 1.43. The zero-order chi connectivity index (χ0) is 9.84. The second kappa shape index (κ2) is 4.50. The summed E-state index contributed by atoms with van der Waals surface area (Å²) in [6, 6.07) is 0. The van der Waals surface area contributed by atoms with Gasteiger partial charge >= 0.3 is 5.97 Å². The predicted octanol–water partition coefficient (Wildman–Crippen LogP) is -0.0623. The van der Waals surface area contributed by atoms with Crippen LogP contribution in [0.3, 0.4) is 0 Å². The molecule has 0 bridgehead atoms. The van der Waals surface area contributed by atoms with Crippen molar-refractivity contribution in [3.05, 3.63) is 0 Å². The van der Waals surface area contributed by atoms with Crippen molar-refractivity contribution in [2.45, 2.75) is 6.42 Å². The molecule has 1 aliphatic rings. The van der Waals surface area contributed by atoms with E-state index >= 15 is 0 Å². The van der Waals surface area contributed by atoms with Crippen molar-refractivity contribution in [1.82, 2.24) is 4.90 Å². The highest BCUT2D eigenvalue weighted by atomic mass is 32.1. The number of rotatable bonds is 3. The number of carbonyl (C=O) groups excluding carboxylic acids is 2. The van der Waals surface area contributed by atoms with Gasteiger partial charge in [-0.3, -0.25) is 9.59 Å². The van der Waals surface area contributed by atoms with E-state index in [-0.39, 0.29) is 24.2 Å². The third kappa shape index (κ3) is 2.37. The van der Waals surface area contributed by atoms with Gasteiger partial charge in [-0.2, -0.15) is 12.6 Å². The lowest BCUT2D eigenvalue weighted by Crippen LogP contribution is -2.28. The SMILES string of the molecule is COC(=O)C1CC(=O)N(CCS)C1. The monoisotopic (exact) mass is 203 g/mol. The van der Waals surface area contributed by atoms with Gasteiger partial charge in [-0.1, -0.05) is 0 Å². The van der Waals surface area contributed by atoms with E-state index in [1.54, 1.807) is 4.90 Å². The molecule has 1 saturated heterocycles. The normalized spacial score (nSPS) is 22.2. The predicted molar refractivity (Wildman–Crippen MR) is 50.6 cm³/mol. The van der Waals surface area contributed by atoms with Gasteiger partial charge in [-0.25, -0.2) is 0 Å². The summed E-state index contributed by atoms with van der Waals surface area (Å²) in [5, 5.41) is 0. The number of hydrogen-bond acceptors (Lipinski definition) is 4. The summed E-state index contributed by atoms with van der Waals surface area (Å²) in [4.78, 5) is 24.0. The van der Waals surface area contributed by atoms with Crippen molar-refractivity contribution in [3.8, 4) is 0 Å². The Balaban J connectivity index is 2.49. The van der Waals surface area contributed by atoms with Crippen molar-refractivity contribution >= 4 is 24.5 Å². The summed E-state index contributed by atoms with van der Waals surface area (Å²) < 4.78 is 4.57. The van der Waals surface area contributed by atoms with Gasteiger partial charge in [0.15, 0.2) is 0 Å². The van der Waals surface area contributed by atoms with Crippen LogP contribution in [0.2, 0.25) is 0 Å². The molecular weight excluding hydrogens is 190 g/mol. The zero-order valence-electron chi connectivity index (χ0n) is 7.52. The van der Waals surface area contributed by atoms with Crippen LogP contribution in [0.4, 0.5) is 0 Å². The van der Waals surface area contributed by atoms with Gasteiger partial charge in [0.2, 0.25) is 5.91 Å². The fraction of sp³-hybridized carbons (Fsp3) is 0.750. The van der Waals surface area contributed by atoms with E-state index in [1.807, 2.05) is 0 Å². The average molecular weight is 203 g/mol. The molecule has 13 heavy (non-hydrogen) atoms. The molecule has 0 aliphatic carbocycles. The van der Waals surface area contributed by atoms with Gasteiger partial charge in [-0.05, 0) is 0 Å². The smallest absolute Gasteiger partial charge is 0.310 e. The van der Waals surface area contributed by atoms with Crippen molar-refractivity contribution in [3.63, 3.8) is 0 Å². The van der Waals surface area contributed by atoms with Gasteiger partial charge in [0, 0.05) is 25.3 Å². The molecule has 4 nitrogen and oxygen atoms in total. The van der Waals surface area contributed by atoms with Crippen molar-refractivity contribution in [2.75, 3.05) is 26.0 Å². The minimum atomic E-state index is -0.296. The van der Waals surface area contributed by atoms with Crippen LogP contribution >= 0.6 is 12.6 Å². The first-order valence-electron chi connectivity index (χ1n) is 4.15. The Morgan fingerprint density at radius 2 is 2.46 bits per heavy atom. The highest BCUT2D eigenvalue weighted by molar-refractivity contribution is 7.80. The Morgan fingerprint density at radius 1 is 1.77 bits per heavy atom. The molecule has 0 N–H and O–H groups in total. The number of hydrogen-bond donors (Lipinski definition) is 1. The summed E-state index contributed by atoms with van der Waals surface area (Å²) in [5.41, 5.74) is 0. The van der Waals surface area contributed by atoms with E-state index < -0.39 is 0 Å². The van der Waals surface area contributed by atoms with Crippen LogP contribution in [-0.4, -0.2) is 42.7 Å². The summed E-state index contributed by atoms with van der Waals surface area (Å²) in [5.74, 6) is 0.0662. The summed E-state index contributed by atoms with van der Waals surface area (Å²) in [6.45, 7) is 1.08. The number of carbonyl (C=O) groups is 2. The van der Waals surface area contributed by atoms with Crippen molar-refractivity contribution in [1.29, 1.82) is 0 Å². The number of esters is 1. The minimum absolute atomic E-state index is 0.0180. The van der Waals surface area contributed by atoms with Crippen molar-refractivity contribution in [2.24, 2.45) is 5.92 Å². The Morgan fingerprint density at radius 3 is 3.00 bits per heavy atom. The molecule has 0 radical (unpaired) electrons. The fourth-order valence-corrected chi connectivity index (χ4v) is 1.67. The van der Waals surface area contributed by atoms with E-state index in [1.165, 1.54) is 7.11 Å². The Labute approximate surface area is 82.6 Å². The van der Waals surface area contributed by atoms with Crippen molar-refractivity contribution < 1.29 is 14.3 Å². The highest BCUT2D eigenvalue weighted by Crippen LogP contribution is 2.18. The van der Waals surface area contributed by atoms with E-state index in [2.05, 4.69) is 17.4 Å². The molecule has 74 valence electrons. The molecule has 0 aromatic carbocycles. The lowest BCUT2D eigenvalue weighted by molar-refractivity contribution is -0.145. The Kier molecular flexibility index (Phi) is 3.59. The molecule has 1 amide bonds. The molecule has 1 rings (SSSR count). The summed E-state index contributed by atoms with van der Waals surface area (Å²) >= 11 is 4.03. The number of thiol groups is 1. The molecule has 1 fully saturated rings. The standard InChI is InChI=1S/C8H13NO3S/c1-12-8(11)6-4-7(10)9(5-6)2-3-13/h6,13H,2-5H2,1H3. The highest BCUT2D eigenvalue weighted by Gasteiger charge is 2.34. The molecule has 0 saturated carbocycles. The number of ether oxygens (including phenoxy) is 1. The maximum atomic E-state index is 11.3. The Hall–Kier alpha value is -0.710. The maximum Gasteiger partial charge on any atom is 0.310 e. The minimum Gasteiger partial charge on any atom is -0.469 e. The molecule has 0 aromatic rings. The van der Waals surface area contributed by atoms with Crippen LogP contribution in [0.5, 0.6) is 0 Å². The lowest BCUT2D eigenvalue weighted by Gasteiger charge is -2.13. The van der Waals surface area contributed by atoms with Gasteiger partial charge < -0.3 is 9.64 Å². The van der Waals surface area contributed by atoms with Gasteiger partial charge in [-0.15, -0.1) is 0 Å². The van der Waals surface area contributed by atoms with Gasteiger partial charge in [0.05, 0.1) is 13.0 Å². The van der Waals surface area contributed by atoms with Crippen LogP contribution in [0.1, 0.15) is 6.42 Å². The van der Waals surface area contributed by atoms with E-state index in [9.17, 15) is 9.59 Å². The summed E-state index contributed by atoms with van der Waals surface area (Å²) in [7, 11) is 1.34. The van der Waals surface area contributed by atoms with Crippen LogP contribution < -0.4 is 0 Å². The largest absolute Gasteiger partial charge is 0.469 e. The molecule has 5 heteroatoms. The molecule has 1 unspecified atom stereocenters. The molecule has 1 heterocycles. The summed E-state index contributed by atoms with van der Waals surface area (Å²) in [6.07, 6.45) is 0.278. The molecule has 1 aliphatic heterocycles. The first-order chi connectivity index (χ1) is 6.19. The number of methoxy groups -OCH3 is 1. The van der Waals surface area contributed by atoms with Crippen LogP contribution in [0.15, 0.2) is 0 Å². The molecular formula is C8H13NO3S. The van der Waals surface area contributed by atoms with E-state index in [4.69, 9.17) is 0 Å². The number of nitrogens with zero attached hydrogens (tertiary/aromatic N) is 1. The van der Waals surface area contributed by atoms with Crippen LogP contribution in [0, 0.1) is 5.92 Å². The Bertz CT molecular complexity index is 219. The van der Waals surface area contributed by atoms with Crippen LogP contribution in [0.25, 0.3) is 0 Å². The molecule has 0 spiro atoms. The van der Waals surface area contributed by atoms with E-state index in [0.29, 0.717) is 18.8 Å². The van der Waals surface area contributed by atoms with Gasteiger partial charge in [0.25, 0.3) is 0 Å². The molecule has 0 aromatic heterocycles. The first kappa shape index (κ1) is 10.4. The van der Waals surface area contributed by atoms with E-state index in [0.717, 1.165) is 0 Å². The average Bonchev–Trinajstić information content (AvgIpc) is 2.47. The second-order valence-electron chi connectivity index (χ2n) is 2.99. The van der Waals surface area contributed by atoms with Gasteiger partial charge in [0.1, 0.15) is 0 Å². The molecule has 1 atom stereocenters.